The van der Waals surface area contributed by atoms with Crippen LogP contribution in [-0.2, 0) is 9.59 Å². The van der Waals surface area contributed by atoms with Gasteiger partial charge in [-0.05, 0) is 62.2 Å². The molecule has 0 aromatic rings. The lowest BCUT2D eigenvalue weighted by molar-refractivity contribution is -0.152. The molecule has 0 heterocycles. The molecule has 0 aliphatic heterocycles. The molecule has 0 spiro atoms. The fraction of sp³-hybridized carbons (Fsp3) is 0.900. The Morgan fingerprint density at radius 3 is 2.04 bits per heavy atom. The van der Waals surface area contributed by atoms with E-state index in [1.54, 1.807) is 0 Å². The largest absolute Gasteiger partial charge is 0.481 e. The molecule has 2 aliphatic carbocycles. The maximum atomic E-state index is 11.9. The van der Waals surface area contributed by atoms with Gasteiger partial charge in [-0.25, -0.2) is 0 Å². The summed E-state index contributed by atoms with van der Waals surface area (Å²) in [4.78, 5) is 23.3. The predicted molar refractivity (Wildman–Crippen MR) is 93.7 cm³/mol. The van der Waals surface area contributed by atoms with E-state index in [1.165, 1.54) is 0 Å². The number of carboxylic acids is 2. The van der Waals surface area contributed by atoms with E-state index in [0.717, 1.165) is 51.4 Å². The summed E-state index contributed by atoms with van der Waals surface area (Å²) in [7, 11) is 0. The molecule has 24 heavy (non-hydrogen) atoms. The minimum absolute atomic E-state index is 0.264. The maximum absolute atomic E-state index is 11.9. The molecule has 2 rings (SSSR count). The zero-order chi connectivity index (χ0) is 17.7. The molecule has 6 atom stereocenters. The lowest BCUT2D eigenvalue weighted by Crippen LogP contribution is -2.46. The number of carbonyl (C=O) groups is 2. The van der Waals surface area contributed by atoms with Crippen molar-refractivity contribution in [2.75, 3.05) is 0 Å². The van der Waals surface area contributed by atoms with E-state index in [-0.39, 0.29) is 17.8 Å². The van der Waals surface area contributed by atoms with Crippen LogP contribution in [0.15, 0.2) is 0 Å². The summed E-state index contributed by atoms with van der Waals surface area (Å²) in [6.07, 6.45) is 9.79. The van der Waals surface area contributed by atoms with E-state index >= 15 is 0 Å². The Labute approximate surface area is 146 Å². The topological polar surface area (TPSA) is 74.6 Å². The van der Waals surface area contributed by atoms with Crippen molar-refractivity contribution in [2.24, 2.45) is 35.5 Å². The number of aliphatic carboxylic acids is 2. The van der Waals surface area contributed by atoms with E-state index in [1.807, 2.05) is 0 Å². The van der Waals surface area contributed by atoms with Gasteiger partial charge in [-0.1, -0.05) is 39.5 Å². The smallest absolute Gasteiger partial charge is 0.306 e. The van der Waals surface area contributed by atoms with Crippen LogP contribution >= 0.6 is 0 Å². The second-order valence-corrected chi connectivity index (χ2v) is 8.06. The second kappa shape index (κ2) is 8.87. The van der Waals surface area contributed by atoms with Gasteiger partial charge in [0.1, 0.15) is 0 Å². The third-order valence-electron chi connectivity index (χ3n) is 6.66. The Kier molecular flexibility index (Phi) is 7.12. The number of hydrogen-bond donors (Lipinski definition) is 2. The van der Waals surface area contributed by atoms with Gasteiger partial charge in [0.2, 0.25) is 0 Å². The van der Waals surface area contributed by atoms with Crippen molar-refractivity contribution in [3.05, 3.63) is 0 Å². The summed E-state index contributed by atoms with van der Waals surface area (Å²) in [5, 5.41) is 19.2. The van der Waals surface area contributed by atoms with Gasteiger partial charge in [0.05, 0.1) is 11.8 Å². The van der Waals surface area contributed by atoms with Crippen molar-refractivity contribution in [3.63, 3.8) is 0 Å². The van der Waals surface area contributed by atoms with Crippen LogP contribution < -0.4 is 0 Å². The van der Waals surface area contributed by atoms with Crippen LogP contribution in [0.5, 0.6) is 0 Å². The van der Waals surface area contributed by atoms with Gasteiger partial charge in [0.25, 0.3) is 0 Å². The fourth-order valence-corrected chi connectivity index (χ4v) is 5.47. The Hall–Kier alpha value is -1.06. The van der Waals surface area contributed by atoms with Gasteiger partial charge in [-0.2, -0.15) is 0 Å². The minimum atomic E-state index is -0.696. The third kappa shape index (κ3) is 4.31. The van der Waals surface area contributed by atoms with Crippen LogP contribution in [0.4, 0.5) is 0 Å². The van der Waals surface area contributed by atoms with E-state index in [0.29, 0.717) is 30.6 Å². The van der Waals surface area contributed by atoms with Gasteiger partial charge in [0.15, 0.2) is 0 Å². The van der Waals surface area contributed by atoms with Crippen molar-refractivity contribution < 1.29 is 19.8 Å². The SMILES string of the molecule is CCCCC1C(C(=O)O)CC2CC(C(=O)O)CCC2C1CCCC. The highest BCUT2D eigenvalue weighted by atomic mass is 16.4. The molecular formula is C20H34O4. The van der Waals surface area contributed by atoms with Crippen molar-refractivity contribution in [1.82, 2.24) is 0 Å². The number of carboxylic acid groups (broad SMARTS) is 2. The molecule has 2 fully saturated rings. The van der Waals surface area contributed by atoms with Crippen molar-refractivity contribution >= 4 is 11.9 Å². The molecule has 0 amide bonds. The number of hydrogen-bond acceptors (Lipinski definition) is 2. The number of rotatable bonds is 8. The molecule has 2 aliphatic rings. The highest BCUT2D eigenvalue weighted by molar-refractivity contribution is 5.71. The van der Waals surface area contributed by atoms with Crippen LogP contribution in [0.3, 0.4) is 0 Å². The molecular weight excluding hydrogens is 304 g/mol. The molecule has 0 aromatic carbocycles. The van der Waals surface area contributed by atoms with E-state index in [2.05, 4.69) is 13.8 Å². The van der Waals surface area contributed by atoms with Crippen molar-refractivity contribution in [3.8, 4) is 0 Å². The van der Waals surface area contributed by atoms with E-state index in [9.17, 15) is 19.8 Å². The summed E-state index contributed by atoms with van der Waals surface area (Å²) in [6, 6.07) is 0. The highest BCUT2D eigenvalue weighted by Crippen LogP contribution is 2.53. The van der Waals surface area contributed by atoms with Gasteiger partial charge in [-0.15, -0.1) is 0 Å². The Morgan fingerprint density at radius 2 is 1.50 bits per heavy atom. The van der Waals surface area contributed by atoms with E-state index in [4.69, 9.17) is 0 Å². The van der Waals surface area contributed by atoms with E-state index < -0.39 is 11.9 Å². The summed E-state index contributed by atoms with van der Waals surface area (Å²) in [6.45, 7) is 4.36. The van der Waals surface area contributed by atoms with Crippen molar-refractivity contribution in [1.29, 1.82) is 0 Å². The monoisotopic (exact) mass is 338 g/mol. The number of fused-ring (bicyclic) bond motifs is 1. The maximum Gasteiger partial charge on any atom is 0.306 e. The number of unbranched alkanes of at least 4 members (excludes halogenated alkanes) is 2. The molecule has 0 saturated heterocycles. The van der Waals surface area contributed by atoms with Crippen LogP contribution in [0.1, 0.15) is 78.1 Å². The highest BCUT2D eigenvalue weighted by Gasteiger charge is 2.48. The minimum Gasteiger partial charge on any atom is -0.481 e. The summed E-state index contributed by atoms with van der Waals surface area (Å²) < 4.78 is 0. The van der Waals surface area contributed by atoms with Gasteiger partial charge >= 0.3 is 11.9 Å². The quantitative estimate of drug-likeness (QED) is 0.665. The van der Waals surface area contributed by atoms with Crippen LogP contribution in [0.25, 0.3) is 0 Å². The first-order valence-electron chi connectivity index (χ1n) is 9.95. The van der Waals surface area contributed by atoms with Crippen molar-refractivity contribution in [2.45, 2.75) is 78.1 Å². The first-order valence-corrected chi connectivity index (χ1v) is 9.95. The lowest BCUT2D eigenvalue weighted by atomic mass is 9.54. The Balaban J connectivity index is 2.21. The fourth-order valence-electron chi connectivity index (χ4n) is 5.47. The molecule has 4 heteroatoms. The van der Waals surface area contributed by atoms with Gasteiger partial charge in [0, 0.05) is 0 Å². The zero-order valence-electron chi connectivity index (χ0n) is 15.2. The lowest BCUT2D eigenvalue weighted by Gasteiger charge is -2.49. The van der Waals surface area contributed by atoms with Gasteiger partial charge < -0.3 is 10.2 Å². The molecule has 2 N–H and O–H groups in total. The summed E-state index contributed by atoms with van der Waals surface area (Å²) in [5.74, 6) is -0.285. The third-order valence-corrected chi connectivity index (χ3v) is 6.66. The van der Waals surface area contributed by atoms with Crippen LogP contribution in [0.2, 0.25) is 0 Å². The molecule has 0 radical (unpaired) electrons. The summed E-state index contributed by atoms with van der Waals surface area (Å²) in [5.41, 5.74) is 0. The Morgan fingerprint density at radius 1 is 0.875 bits per heavy atom. The molecule has 2 saturated carbocycles. The average molecular weight is 338 g/mol. The summed E-state index contributed by atoms with van der Waals surface area (Å²) >= 11 is 0. The molecule has 0 aromatic heterocycles. The average Bonchev–Trinajstić information content (AvgIpc) is 2.56. The van der Waals surface area contributed by atoms with Crippen LogP contribution in [0, 0.1) is 35.5 Å². The zero-order valence-corrected chi connectivity index (χ0v) is 15.2. The first kappa shape index (κ1) is 19.3. The van der Waals surface area contributed by atoms with Gasteiger partial charge in [-0.3, -0.25) is 9.59 Å². The second-order valence-electron chi connectivity index (χ2n) is 8.06. The molecule has 4 nitrogen and oxygen atoms in total. The molecule has 138 valence electrons. The normalized spacial score (nSPS) is 36.1. The standard InChI is InChI=1S/C20H34O4/c1-3-5-7-16-15-10-9-13(19(21)22)11-14(15)12-18(20(23)24)17(16)8-6-4-2/h13-18H,3-12H2,1-2H3,(H,21,22)(H,23,24). The predicted octanol–water partition coefficient (Wildman–Crippen LogP) is 4.82. The first-order chi connectivity index (χ1) is 11.5. The molecule has 0 bridgehead atoms. The Bertz CT molecular complexity index is 433. The van der Waals surface area contributed by atoms with Crippen LogP contribution in [-0.4, -0.2) is 22.2 Å². The molecule has 6 unspecified atom stereocenters.